The first-order valence-electron chi connectivity index (χ1n) is 6.80. The first-order chi connectivity index (χ1) is 9.86. The number of aromatic nitrogens is 2. The van der Waals surface area contributed by atoms with Crippen molar-refractivity contribution in [3.63, 3.8) is 0 Å². The van der Waals surface area contributed by atoms with Gasteiger partial charge in [-0.25, -0.2) is 0 Å². The van der Waals surface area contributed by atoms with Gasteiger partial charge in [0, 0.05) is 12.0 Å². The standard InChI is InChI=1S/C14H17N3O3/c1-2-15-7-3-4-13-16-17-14(20-13)10-5-6-11-12(8-10)19-9-18-11/h5-6,8,15H,2-4,7,9H2,1H3. The van der Waals surface area contributed by atoms with Crippen molar-refractivity contribution in [2.75, 3.05) is 19.9 Å². The van der Waals surface area contributed by atoms with Gasteiger partial charge in [0.15, 0.2) is 11.5 Å². The van der Waals surface area contributed by atoms with E-state index in [1.165, 1.54) is 0 Å². The summed E-state index contributed by atoms with van der Waals surface area (Å²) in [5, 5.41) is 11.4. The van der Waals surface area contributed by atoms with Crippen LogP contribution in [0.4, 0.5) is 0 Å². The molecule has 0 saturated heterocycles. The van der Waals surface area contributed by atoms with Gasteiger partial charge in [-0.05, 0) is 37.7 Å². The second kappa shape index (κ2) is 5.92. The van der Waals surface area contributed by atoms with Gasteiger partial charge in [0.05, 0.1) is 0 Å². The van der Waals surface area contributed by atoms with Gasteiger partial charge in [-0.3, -0.25) is 0 Å². The molecule has 20 heavy (non-hydrogen) atoms. The van der Waals surface area contributed by atoms with Gasteiger partial charge in [0.2, 0.25) is 18.6 Å². The smallest absolute Gasteiger partial charge is 0.247 e. The van der Waals surface area contributed by atoms with Crippen molar-refractivity contribution in [3.8, 4) is 23.0 Å². The summed E-state index contributed by atoms with van der Waals surface area (Å²) >= 11 is 0. The maximum Gasteiger partial charge on any atom is 0.247 e. The number of hydrogen-bond donors (Lipinski definition) is 1. The van der Waals surface area contributed by atoms with E-state index < -0.39 is 0 Å². The lowest BCUT2D eigenvalue weighted by Gasteiger charge is -1.99. The minimum absolute atomic E-state index is 0.262. The van der Waals surface area contributed by atoms with Crippen LogP contribution in [0.15, 0.2) is 22.6 Å². The molecule has 0 saturated carbocycles. The lowest BCUT2D eigenvalue weighted by atomic mass is 10.2. The Morgan fingerprint density at radius 1 is 1.20 bits per heavy atom. The quantitative estimate of drug-likeness (QED) is 0.813. The molecule has 6 heteroatoms. The summed E-state index contributed by atoms with van der Waals surface area (Å²) in [6.45, 7) is 4.28. The third kappa shape index (κ3) is 2.75. The number of aryl methyl sites for hydroxylation is 1. The Balaban J connectivity index is 1.67. The first kappa shape index (κ1) is 12.9. The van der Waals surface area contributed by atoms with Gasteiger partial charge < -0.3 is 19.2 Å². The van der Waals surface area contributed by atoms with Crippen molar-refractivity contribution in [3.05, 3.63) is 24.1 Å². The Morgan fingerprint density at radius 3 is 3.00 bits per heavy atom. The van der Waals surface area contributed by atoms with E-state index >= 15 is 0 Å². The van der Waals surface area contributed by atoms with Crippen molar-refractivity contribution in [1.29, 1.82) is 0 Å². The van der Waals surface area contributed by atoms with E-state index in [-0.39, 0.29) is 6.79 Å². The van der Waals surface area contributed by atoms with Crippen LogP contribution < -0.4 is 14.8 Å². The number of ether oxygens (including phenoxy) is 2. The zero-order valence-electron chi connectivity index (χ0n) is 11.4. The topological polar surface area (TPSA) is 69.4 Å². The predicted octanol–water partition coefficient (Wildman–Crippen LogP) is 2.01. The largest absolute Gasteiger partial charge is 0.454 e. The van der Waals surface area contributed by atoms with E-state index in [1.807, 2.05) is 18.2 Å². The van der Waals surface area contributed by atoms with E-state index in [0.29, 0.717) is 11.8 Å². The molecular weight excluding hydrogens is 258 g/mol. The van der Waals surface area contributed by atoms with Crippen LogP contribution in [-0.2, 0) is 6.42 Å². The summed E-state index contributed by atoms with van der Waals surface area (Å²) in [6.07, 6.45) is 1.77. The van der Waals surface area contributed by atoms with E-state index in [9.17, 15) is 0 Å². The molecule has 0 atom stereocenters. The molecule has 2 aromatic rings. The fraction of sp³-hybridized carbons (Fsp3) is 0.429. The molecule has 1 aromatic carbocycles. The SMILES string of the molecule is CCNCCCc1nnc(-c2ccc3c(c2)OCO3)o1. The van der Waals surface area contributed by atoms with E-state index in [2.05, 4.69) is 22.4 Å². The van der Waals surface area contributed by atoms with Gasteiger partial charge >= 0.3 is 0 Å². The van der Waals surface area contributed by atoms with Crippen LogP contribution in [0.2, 0.25) is 0 Å². The number of nitrogens with one attached hydrogen (secondary N) is 1. The molecule has 6 nitrogen and oxygen atoms in total. The average Bonchev–Trinajstić information content (AvgIpc) is 3.11. The highest BCUT2D eigenvalue weighted by Gasteiger charge is 2.16. The third-order valence-corrected chi connectivity index (χ3v) is 3.08. The van der Waals surface area contributed by atoms with Crippen LogP contribution in [0, 0.1) is 0 Å². The Morgan fingerprint density at radius 2 is 2.10 bits per heavy atom. The minimum atomic E-state index is 0.262. The molecule has 1 aliphatic rings. The third-order valence-electron chi connectivity index (χ3n) is 3.08. The second-order valence-corrected chi connectivity index (χ2v) is 4.53. The highest BCUT2D eigenvalue weighted by Crippen LogP contribution is 2.35. The number of nitrogens with zero attached hydrogens (tertiary/aromatic N) is 2. The van der Waals surface area contributed by atoms with Gasteiger partial charge in [-0.2, -0.15) is 0 Å². The lowest BCUT2D eigenvalue weighted by Crippen LogP contribution is -2.14. The van der Waals surface area contributed by atoms with Crippen LogP contribution in [0.1, 0.15) is 19.2 Å². The normalized spacial score (nSPS) is 12.8. The zero-order valence-corrected chi connectivity index (χ0v) is 11.4. The molecule has 0 aliphatic carbocycles. The van der Waals surface area contributed by atoms with E-state index in [4.69, 9.17) is 13.9 Å². The Labute approximate surface area is 117 Å². The highest BCUT2D eigenvalue weighted by atomic mass is 16.7. The molecule has 106 valence electrons. The van der Waals surface area contributed by atoms with Crippen molar-refractivity contribution >= 4 is 0 Å². The summed E-state index contributed by atoms with van der Waals surface area (Å²) in [5.74, 6) is 2.64. The molecule has 3 rings (SSSR count). The first-order valence-corrected chi connectivity index (χ1v) is 6.80. The molecule has 0 bridgehead atoms. The van der Waals surface area contributed by atoms with E-state index in [0.717, 1.165) is 43.0 Å². The Kier molecular flexibility index (Phi) is 3.83. The van der Waals surface area contributed by atoms with Crippen molar-refractivity contribution in [2.24, 2.45) is 0 Å². The zero-order chi connectivity index (χ0) is 13.8. The molecular formula is C14H17N3O3. The predicted molar refractivity (Wildman–Crippen MR) is 72.7 cm³/mol. The molecule has 0 unspecified atom stereocenters. The van der Waals surface area contributed by atoms with Crippen LogP contribution in [0.3, 0.4) is 0 Å². The summed E-state index contributed by atoms with van der Waals surface area (Å²) in [5.41, 5.74) is 0.847. The summed E-state index contributed by atoms with van der Waals surface area (Å²) < 4.78 is 16.3. The average molecular weight is 275 g/mol. The molecule has 1 aliphatic heterocycles. The lowest BCUT2D eigenvalue weighted by molar-refractivity contribution is 0.174. The Hall–Kier alpha value is -2.08. The Bertz CT molecular complexity index is 583. The molecule has 0 amide bonds. The highest BCUT2D eigenvalue weighted by molar-refractivity contribution is 5.60. The molecule has 1 aromatic heterocycles. The van der Waals surface area contributed by atoms with Crippen molar-refractivity contribution in [2.45, 2.75) is 19.8 Å². The fourth-order valence-corrected chi connectivity index (χ4v) is 2.04. The molecule has 0 fully saturated rings. The molecule has 1 N–H and O–H groups in total. The van der Waals surface area contributed by atoms with Gasteiger partial charge in [-0.15, -0.1) is 10.2 Å². The van der Waals surface area contributed by atoms with Crippen LogP contribution in [-0.4, -0.2) is 30.1 Å². The summed E-state index contributed by atoms with van der Waals surface area (Å²) in [6, 6.07) is 5.61. The van der Waals surface area contributed by atoms with E-state index in [1.54, 1.807) is 0 Å². The summed E-state index contributed by atoms with van der Waals surface area (Å²) in [4.78, 5) is 0. The number of hydrogen-bond acceptors (Lipinski definition) is 6. The number of rotatable bonds is 6. The fourth-order valence-electron chi connectivity index (χ4n) is 2.04. The van der Waals surface area contributed by atoms with Gasteiger partial charge in [-0.1, -0.05) is 6.92 Å². The van der Waals surface area contributed by atoms with Crippen LogP contribution in [0.25, 0.3) is 11.5 Å². The van der Waals surface area contributed by atoms with Gasteiger partial charge in [0.1, 0.15) is 0 Å². The number of benzene rings is 1. The van der Waals surface area contributed by atoms with Crippen molar-refractivity contribution < 1.29 is 13.9 Å². The second-order valence-electron chi connectivity index (χ2n) is 4.53. The molecule has 2 heterocycles. The summed E-state index contributed by atoms with van der Waals surface area (Å²) in [7, 11) is 0. The van der Waals surface area contributed by atoms with Crippen molar-refractivity contribution in [1.82, 2.24) is 15.5 Å². The maximum absolute atomic E-state index is 5.66. The van der Waals surface area contributed by atoms with Crippen LogP contribution >= 0.6 is 0 Å². The minimum Gasteiger partial charge on any atom is -0.454 e. The maximum atomic E-state index is 5.66. The monoisotopic (exact) mass is 275 g/mol. The van der Waals surface area contributed by atoms with Gasteiger partial charge in [0.25, 0.3) is 0 Å². The number of fused-ring (bicyclic) bond motifs is 1. The van der Waals surface area contributed by atoms with Crippen LogP contribution in [0.5, 0.6) is 11.5 Å². The molecule has 0 radical (unpaired) electrons. The molecule has 0 spiro atoms.